The molecular formula is C21H23N3O2S. The van der Waals surface area contributed by atoms with Gasteiger partial charge in [-0.05, 0) is 44.7 Å². The van der Waals surface area contributed by atoms with Crippen LogP contribution in [0.5, 0.6) is 0 Å². The minimum atomic E-state index is -0.201. The van der Waals surface area contributed by atoms with Crippen molar-refractivity contribution in [1.82, 2.24) is 14.5 Å². The van der Waals surface area contributed by atoms with E-state index in [0.717, 1.165) is 35.3 Å². The van der Waals surface area contributed by atoms with E-state index in [2.05, 4.69) is 13.8 Å². The molecule has 0 radical (unpaired) electrons. The third kappa shape index (κ3) is 3.17. The molecular weight excluding hydrogens is 358 g/mol. The summed E-state index contributed by atoms with van der Waals surface area (Å²) in [7, 11) is 0. The molecule has 0 amide bonds. The van der Waals surface area contributed by atoms with Crippen LogP contribution in [-0.4, -0.2) is 26.4 Å². The highest BCUT2D eigenvalue weighted by Crippen LogP contribution is 2.31. The molecule has 6 heteroatoms. The van der Waals surface area contributed by atoms with Crippen molar-refractivity contribution in [2.75, 3.05) is 6.26 Å². The van der Waals surface area contributed by atoms with Crippen LogP contribution in [0.3, 0.4) is 0 Å². The fourth-order valence-corrected chi connectivity index (χ4v) is 3.94. The van der Waals surface area contributed by atoms with Crippen LogP contribution in [0.2, 0.25) is 0 Å². The van der Waals surface area contributed by atoms with E-state index in [0.29, 0.717) is 22.8 Å². The Balaban J connectivity index is 1.93. The summed E-state index contributed by atoms with van der Waals surface area (Å²) in [6.07, 6.45) is 3.59. The minimum Gasteiger partial charge on any atom is -0.370 e. The molecule has 27 heavy (non-hydrogen) atoms. The normalized spacial score (nSPS) is 19.3. The maximum atomic E-state index is 13.3. The Kier molecular flexibility index (Phi) is 4.56. The second-order valence-corrected chi connectivity index (χ2v) is 8.08. The molecule has 1 aromatic carbocycles. The summed E-state index contributed by atoms with van der Waals surface area (Å²) in [5.41, 5.74) is 4.17. The summed E-state index contributed by atoms with van der Waals surface area (Å²) >= 11 is 1.45. The van der Waals surface area contributed by atoms with E-state index in [9.17, 15) is 4.79 Å². The molecule has 1 aliphatic rings. The maximum absolute atomic E-state index is 13.3. The Bertz CT molecular complexity index is 1080. The summed E-state index contributed by atoms with van der Waals surface area (Å²) in [5, 5.41) is 1.19. The Labute approximate surface area is 162 Å². The molecule has 0 bridgehead atoms. The van der Waals surface area contributed by atoms with Crippen LogP contribution in [-0.2, 0) is 17.8 Å². The number of ether oxygens (including phenoxy) is 1. The van der Waals surface area contributed by atoms with E-state index in [1.54, 1.807) is 4.57 Å². The fraction of sp³-hybridized carbons (Fsp3) is 0.381. The number of pyridine rings is 1. The van der Waals surface area contributed by atoms with Gasteiger partial charge < -0.3 is 4.74 Å². The summed E-state index contributed by atoms with van der Waals surface area (Å²) in [6.45, 7) is 6.74. The number of hydrogen-bond donors (Lipinski definition) is 0. The number of hydrogen-bond acceptors (Lipinski definition) is 5. The standard InChI is InChI=1S/C21H23N3O2S/c1-5-21(3)11-17-14(12-26-21)10-16-18(22-17)23-20(27-4)24(19(16)25)15-8-6-13(2)7-9-15/h6-10H,5,11-12H2,1-4H3/t21-/m1/s1. The predicted octanol–water partition coefficient (Wildman–Crippen LogP) is 4.05. The average Bonchev–Trinajstić information content (AvgIpc) is 2.67. The highest BCUT2D eigenvalue weighted by atomic mass is 32.2. The van der Waals surface area contributed by atoms with Crippen molar-refractivity contribution < 1.29 is 4.74 Å². The molecule has 5 nitrogen and oxygen atoms in total. The molecule has 0 saturated carbocycles. The number of thioether (sulfide) groups is 1. The smallest absolute Gasteiger partial charge is 0.268 e. The third-order valence-electron chi connectivity index (χ3n) is 5.34. The predicted molar refractivity (Wildman–Crippen MR) is 109 cm³/mol. The minimum absolute atomic E-state index is 0.0904. The van der Waals surface area contributed by atoms with Crippen molar-refractivity contribution in [2.24, 2.45) is 0 Å². The first kappa shape index (κ1) is 18.2. The lowest BCUT2D eigenvalue weighted by atomic mass is 9.91. The van der Waals surface area contributed by atoms with Gasteiger partial charge in [-0.2, -0.15) is 0 Å². The molecule has 140 valence electrons. The van der Waals surface area contributed by atoms with E-state index >= 15 is 0 Å². The number of aromatic nitrogens is 3. The van der Waals surface area contributed by atoms with Gasteiger partial charge in [0.1, 0.15) is 0 Å². The molecule has 1 aliphatic heterocycles. The first-order valence-electron chi connectivity index (χ1n) is 9.14. The molecule has 0 spiro atoms. The lowest BCUT2D eigenvalue weighted by molar-refractivity contribution is -0.0573. The second-order valence-electron chi connectivity index (χ2n) is 7.31. The zero-order valence-corrected chi connectivity index (χ0v) is 16.9. The van der Waals surface area contributed by atoms with Gasteiger partial charge >= 0.3 is 0 Å². The van der Waals surface area contributed by atoms with Crippen LogP contribution in [0.25, 0.3) is 16.7 Å². The highest BCUT2D eigenvalue weighted by Gasteiger charge is 2.31. The molecule has 0 N–H and O–H groups in total. The van der Waals surface area contributed by atoms with Gasteiger partial charge in [0.2, 0.25) is 0 Å². The van der Waals surface area contributed by atoms with Gasteiger partial charge in [0.05, 0.1) is 29.0 Å². The maximum Gasteiger partial charge on any atom is 0.268 e. The molecule has 3 heterocycles. The summed E-state index contributed by atoms with van der Waals surface area (Å²) in [6, 6.07) is 9.81. The first-order valence-corrected chi connectivity index (χ1v) is 10.4. The van der Waals surface area contributed by atoms with Crippen LogP contribution < -0.4 is 5.56 Å². The molecule has 4 rings (SSSR count). The largest absolute Gasteiger partial charge is 0.370 e. The Morgan fingerprint density at radius 2 is 2.00 bits per heavy atom. The Hall–Kier alpha value is -2.18. The van der Waals surface area contributed by atoms with Crippen LogP contribution >= 0.6 is 11.8 Å². The number of rotatable bonds is 3. The van der Waals surface area contributed by atoms with E-state index in [-0.39, 0.29) is 11.2 Å². The van der Waals surface area contributed by atoms with Gasteiger partial charge in [-0.3, -0.25) is 9.36 Å². The molecule has 3 aromatic rings. The average molecular weight is 382 g/mol. The SMILES string of the molecule is CC[C@]1(C)Cc2nc3nc(SC)n(-c4ccc(C)cc4)c(=O)c3cc2CO1. The van der Waals surface area contributed by atoms with Gasteiger partial charge in [-0.25, -0.2) is 9.97 Å². The highest BCUT2D eigenvalue weighted by molar-refractivity contribution is 7.98. The van der Waals surface area contributed by atoms with Crippen LogP contribution in [0.1, 0.15) is 37.1 Å². The number of fused-ring (bicyclic) bond motifs is 2. The Morgan fingerprint density at radius 3 is 2.67 bits per heavy atom. The molecule has 0 fully saturated rings. The van der Waals surface area contributed by atoms with Crippen LogP contribution in [0.15, 0.2) is 40.3 Å². The molecule has 2 aromatic heterocycles. The van der Waals surface area contributed by atoms with Crippen molar-refractivity contribution in [3.05, 3.63) is 57.5 Å². The van der Waals surface area contributed by atoms with Crippen molar-refractivity contribution in [2.45, 2.75) is 51.0 Å². The summed E-state index contributed by atoms with van der Waals surface area (Å²) in [4.78, 5) is 22.8. The zero-order chi connectivity index (χ0) is 19.2. The number of benzene rings is 1. The van der Waals surface area contributed by atoms with Gasteiger partial charge in [-0.1, -0.05) is 36.4 Å². The van der Waals surface area contributed by atoms with Crippen molar-refractivity contribution in [3.8, 4) is 5.69 Å². The van der Waals surface area contributed by atoms with Gasteiger partial charge in [0, 0.05) is 12.0 Å². The molecule has 0 saturated heterocycles. The van der Waals surface area contributed by atoms with E-state index in [1.165, 1.54) is 11.8 Å². The molecule has 0 aliphatic carbocycles. The van der Waals surface area contributed by atoms with E-state index < -0.39 is 0 Å². The lowest BCUT2D eigenvalue weighted by Crippen LogP contribution is -2.35. The van der Waals surface area contributed by atoms with Crippen LogP contribution in [0.4, 0.5) is 0 Å². The van der Waals surface area contributed by atoms with Gasteiger partial charge in [0.15, 0.2) is 10.8 Å². The molecule has 0 unspecified atom stereocenters. The molecule has 1 atom stereocenters. The summed E-state index contributed by atoms with van der Waals surface area (Å²) in [5.74, 6) is 0. The van der Waals surface area contributed by atoms with Crippen molar-refractivity contribution in [3.63, 3.8) is 0 Å². The second kappa shape index (κ2) is 6.77. The van der Waals surface area contributed by atoms with E-state index in [4.69, 9.17) is 14.7 Å². The summed E-state index contributed by atoms with van der Waals surface area (Å²) < 4.78 is 7.70. The monoisotopic (exact) mass is 381 g/mol. The quantitative estimate of drug-likeness (QED) is 0.506. The van der Waals surface area contributed by atoms with Crippen LogP contribution in [0, 0.1) is 6.92 Å². The third-order valence-corrected chi connectivity index (χ3v) is 5.98. The van der Waals surface area contributed by atoms with Gasteiger partial charge in [-0.15, -0.1) is 0 Å². The number of aryl methyl sites for hydroxylation is 1. The van der Waals surface area contributed by atoms with Crippen molar-refractivity contribution in [1.29, 1.82) is 0 Å². The Morgan fingerprint density at radius 1 is 1.26 bits per heavy atom. The zero-order valence-electron chi connectivity index (χ0n) is 16.1. The van der Waals surface area contributed by atoms with Crippen molar-refractivity contribution >= 4 is 22.8 Å². The lowest BCUT2D eigenvalue weighted by Gasteiger charge is -2.33. The number of nitrogens with zero attached hydrogens (tertiary/aromatic N) is 3. The topological polar surface area (TPSA) is 57.0 Å². The van der Waals surface area contributed by atoms with E-state index in [1.807, 2.05) is 43.5 Å². The first-order chi connectivity index (χ1) is 12.9. The fourth-order valence-electron chi connectivity index (χ4n) is 3.39. The van der Waals surface area contributed by atoms with Gasteiger partial charge in [0.25, 0.3) is 5.56 Å².